The van der Waals surface area contributed by atoms with Gasteiger partial charge in [0.1, 0.15) is 11.6 Å². The average Bonchev–Trinajstić information content (AvgIpc) is 2.97. The largest absolute Gasteiger partial charge is 0.494 e. The topological polar surface area (TPSA) is 51.2 Å². The number of aryl methyl sites for hydroxylation is 2. The SMILES string of the molecule is Cc1cc(OCCCC(=O)Nc2nc3ccc(F)cc3s2)cc(C)c1Cl. The summed E-state index contributed by atoms with van der Waals surface area (Å²) >= 11 is 7.39. The number of nitrogens with one attached hydrogen (secondary N) is 1. The van der Waals surface area contributed by atoms with Gasteiger partial charge in [0.05, 0.1) is 16.8 Å². The van der Waals surface area contributed by atoms with Gasteiger partial charge in [0, 0.05) is 11.4 Å². The lowest BCUT2D eigenvalue weighted by Gasteiger charge is -2.09. The molecule has 0 atom stereocenters. The highest BCUT2D eigenvalue weighted by Crippen LogP contribution is 2.27. The summed E-state index contributed by atoms with van der Waals surface area (Å²) in [6.45, 7) is 4.29. The fraction of sp³-hybridized carbons (Fsp3) is 0.263. The molecule has 0 fully saturated rings. The first-order chi connectivity index (χ1) is 12.4. The van der Waals surface area contributed by atoms with Gasteiger partial charge in [0.25, 0.3) is 0 Å². The van der Waals surface area contributed by atoms with Gasteiger partial charge in [0.2, 0.25) is 5.91 Å². The molecule has 0 radical (unpaired) electrons. The molecule has 4 nitrogen and oxygen atoms in total. The molecule has 1 amide bonds. The van der Waals surface area contributed by atoms with Crippen molar-refractivity contribution in [3.05, 3.63) is 52.3 Å². The second-order valence-corrected chi connectivity index (χ2v) is 7.41. The number of hydrogen-bond acceptors (Lipinski definition) is 4. The van der Waals surface area contributed by atoms with E-state index in [1.807, 2.05) is 26.0 Å². The van der Waals surface area contributed by atoms with Gasteiger partial charge in [-0.25, -0.2) is 9.37 Å². The van der Waals surface area contributed by atoms with Gasteiger partial charge in [-0.05, 0) is 61.7 Å². The molecule has 0 saturated carbocycles. The third-order valence-corrected chi connectivity index (χ3v) is 5.35. The molecule has 3 rings (SSSR count). The number of nitrogens with zero attached hydrogens (tertiary/aromatic N) is 1. The first-order valence-electron chi connectivity index (χ1n) is 8.18. The Balaban J connectivity index is 1.48. The molecule has 3 aromatic rings. The third-order valence-electron chi connectivity index (χ3n) is 3.82. The van der Waals surface area contributed by atoms with E-state index >= 15 is 0 Å². The standard InChI is InChI=1S/C19H18ClFN2O2S/c1-11-8-14(9-12(2)18(11)20)25-7-3-4-17(24)23-19-22-15-6-5-13(21)10-16(15)26-19/h5-6,8-10H,3-4,7H2,1-2H3,(H,22,23,24). The number of carbonyl (C=O) groups excluding carboxylic acids is 1. The number of halogens is 2. The molecule has 0 aliphatic rings. The average molecular weight is 393 g/mol. The van der Waals surface area contributed by atoms with Gasteiger partial charge in [-0.1, -0.05) is 22.9 Å². The van der Waals surface area contributed by atoms with Crippen molar-refractivity contribution in [2.75, 3.05) is 11.9 Å². The van der Waals surface area contributed by atoms with E-state index in [0.717, 1.165) is 21.9 Å². The van der Waals surface area contributed by atoms with Crippen LogP contribution in [-0.4, -0.2) is 17.5 Å². The summed E-state index contributed by atoms with van der Waals surface area (Å²) in [5, 5.41) is 3.96. The Bertz CT molecular complexity index is 935. The number of fused-ring (bicyclic) bond motifs is 1. The van der Waals surface area contributed by atoms with Crippen LogP contribution in [0.2, 0.25) is 5.02 Å². The minimum Gasteiger partial charge on any atom is -0.494 e. The first kappa shape index (κ1) is 18.6. The minimum atomic E-state index is -0.316. The van der Waals surface area contributed by atoms with Crippen molar-refractivity contribution >= 4 is 44.2 Å². The Labute approximate surface area is 160 Å². The summed E-state index contributed by atoms with van der Waals surface area (Å²) in [5.41, 5.74) is 2.60. The van der Waals surface area contributed by atoms with Crippen LogP contribution in [0, 0.1) is 19.7 Å². The molecular formula is C19H18ClFN2O2S. The molecule has 0 bridgehead atoms. The van der Waals surface area contributed by atoms with E-state index in [9.17, 15) is 9.18 Å². The number of aromatic nitrogens is 1. The summed E-state index contributed by atoms with van der Waals surface area (Å²) < 4.78 is 19.6. The molecule has 0 spiro atoms. The first-order valence-corrected chi connectivity index (χ1v) is 9.37. The molecule has 1 aromatic heterocycles. The van der Waals surface area contributed by atoms with Crippen molar-refractivity contribution in [2.24, 2.45) is 0 Å². The van der Waals surface area contributed by atoms with Crippen molar-refractivity contribution < 1.29 is 13.9 Å². The molecule has 7 heteroatoms. The quantitative estimate of drug-likeness (QED) is 0.563. The Hall–Kier alpha value is -2.18. The van der Waals surface area contributed by atoms with Crippen LogP contribution in [0.1, 0.15) is 24.0 Å². The summed E-state index contributed by atoms with van der Waals surface area (Å²) in [7, 11) is 0. The fourth-order valence-electron chi connectivity index (χ4n) is 2.55. The molecule has 26 heavy (non-hydrogen) atoms. The lowest BCUT2D eigenvalue weighted by atomic mass is 10.1. The van der Waals surface area contributed by atoms with Gasteiger partial charge in [-0.2, -0.15) is 0 Å². The highest BCUT2D eigenvalue weighted by atomic mass is 35.5. The van der Waals surface area contributed by atoms with Crippen LogP contribution >= 0.6 is 22.9 Å². The zero-order chi connectivity index (χ0) is 18.7. The number of benzene rings is 2. The predicted molar refractivity (Wildman–Crippen MR) is 104 cm³/mol. The third kappa shape index (κ3) is 4.51. The van der Waals surface area contributed by atoms with Gasteiger partial charge < -0.3 is 10.1 Å². The van der Waals surface area contributed by atoms with E-state index < -0.39 is 0 Å². The lowest BCUT2D eigenvalue weighted by molar-refractivity contribution is -0.116. The van der Waals surface area contributed by atoms with E-state index in [1.54, 1.807) is 6.07 Å². The van der Waals surface area contributed by atoms with Crippen molar-refractivity contribution in [1.29, 1.82) is 0 Å². The zero-order valence-electron chi connectivity index (χ0n) is 14.4. The van der Waals surface area contributed by atoms with Gasteiger partial charge in [-0.15, -0.1) is 0 Å². The monoisotopic (exact) mass is 392 g/mol. The molecule has 0 aliphatic carbocycles. The number of anilines is 1. The maximum atomic E-state index is 13.2. The number of thiazole rings is 1. The van der Waals surface area contributed by atoms with Crippen LogP contribution in [-0.2, 0) is 4.79 Å². The van der Waals surface area contributed by atoms with Crippen LogP contribution in [0.25, 0.3) is 10.2 Å². The lowest BCUT2D eigenvalue weighted by Crippen LogP contribution is -2.12. The summed E-state index contributed by atoms with van der Waals surface area (Å²) in [6.07, 6.45) is 0.891. The van der Waals surface area contributed by atoms with E-state index in [4.69, 9.17) is 16.3 Å². The van der Waals surface area contributed by atoms with Crippen molar-refractivity contribution in [3.8, 4) is 5.75 Å². The molecule has 2 aromatic carbocycles. The summed E-state index contributed by atoms with van der Waals surface area (Å²) in [6, 6.07) is 8.13. The normalized spacial score (nSPS) is 10.9. The highest BCUT2D eigenvalue weighted by Gasteiger charge is 2.09. The molecule has 136 valence electrons. The Kier molecular flexibility index (Phi) is 5.74. The van der Waals surface area contributed by atoms with Crippen molar-refractivity contribution in [3.63, 3.8) is 0 Å². The van der Waals surface area contributed by atoms with E-state index in [2.05, 4.69) is 10.3 Å². The molecular weight excluding hydrogens is 375 g/mol. The van der Waals surface area contributed by atoms with Gasteiger partial charge in [0.15, 0.2) is 5.13 Å². The van der Waals surface area contributed by atoms with E-state index in [-0.39, 0.29) is 11.7 Å². The maximum absolute atomic E-state index is 13.2. The fourth-order valence-corrected chi connectivity index (χ4v) is 3.56. The maximum Gasteiger partial charge on any atom is 0.226 e. The highest BCUT2D eigenvalue weighted by molar-refractivity contribution is 7.22. The van der Waals surface area contributed by atoms with Gasteiger partial charge >= 0.3 is 0 Å². The summed E-state index contributed by atoms with van der Waals surface area (Å²) in [5.74, 6) is 0.290. The second-order valence-electron chi connectivity index (χ2n) is 6.00. The van der Waals surface area contributed by atoms with Crippen LogP contribution < -0.4 is 10.1 Å². The van der Waals surface area contributed by atoms with E-state index in [1.165, 1.54) is 23.5 Å². The van der Waals surface area contributed by atoms with E-state index in [0.29, 0.717) is 34.8 Å². The molecule has 0 aliphatic heterocycles. The number of ether oxygens (including phenoxy) is 1. The van der Waals surface area contributed by atoms with Crippen LogP contribution in [0.3, 0.4) is 0 Å². The van der Waals surface area contributed by atoms with Crippen molar-refractivity contribution in [2.45, 2.75) is 26.7 Å². The molecule has 1 N–H and O–H groups in total. The van der Waals surface area contributed by atoms with Crippen LogP contribution in [0.15, 0.2) is 30.3 Å². The van der Waals surface area contributed by atoms with Gasteiger partial charge in [-0.3, -0.25) is 4.79 Å². The Morgan fingerprint density at radius 3 is 2.73 bits per heavy atom. The number of rotatable bonds is 6. The Morgan fingerprint density at radius 2 is 2.00 bits per heavy atom. The number of hydrogen-bond donors (Lipinski definition) is 1. The Morgan fingerprint density at radius 1 is 1.27 bits per heavy atom. The second kappa shape index (κ2) is 8.01. The van der Waals surface area contributed by atoms with Crippen LogP contribution in [0.4, 0.5) is 9.52 Å². The minimum absolute atomic E-state index is 0.142. The number of carbonyl (C=O) groups is 1. The smallest absolute Gasteiger partial charge is 0.226 e. The summed E-state index contributed by atoms with van der Waals surface area (Å²) in [4.78, 5) is 16.3. The van der Waals surface area contributed by atoms with Crippen molar-refractivity contribution in [1.82, 2.24) is 4.98 Å². The molecule has 0 unspecified atom stereocenters. The van der Waals surface area contributed by atoms with Crippen LogP contribution in [0.5, 0.6) is 5.75 Å². The zero-order valence-corrected chi connectivity index (χ0v) is 16.0. The number of amides is 1. The molecule has 1 heterocycles. The molecule has 0 saturated heterocycles. The predicted octanol–water partition coefficient (Wildman–Crippen LogP) is 5.50.